The topological polar surface area (TPSA) is 70.7 Å². The summed E-state index contributed by atoms with van der Waals surface area (Å²) in [6.45, 7) is 0.891. The van der Waals surface area contributed by atoms with Crippen LogP contribution in [0, 0.1) is 0 Å². The number of rotatable bonds is 2. The molecule has 0 amide bonds. The molecule has 4 rings (SSSR count). The highest BCUT2D eigenvalue weighted by molar-refractivity contribution is 6.30. The van der Waals surface area contributed by atoms with Gasteiger partial charge in [-0.15, -0.1) is 5.10 Å². The molecule has 0 N–H and O–H groups in total. The van der Waals surface area contributed by atoms with E-state index in [1.807, 2.05) is 0 Å². The van der Waals surface area contributed by atoms with Gasteiger partial charge in [-0.25, -0.2) is 13.9 Å². The highest BCUT2D eigenvalue weighted by Gasteiger charge is 2.18. The number of hydrogen-bond donors (Lipinski definition) is 0. The van der Waals surface area contributed by atoms with Gasteiger partial charge in [0.1, 0.15) is 5.75 Å². The third-order valence-electron chi connectivity index (χ3n) is 3.46. The molecule has 3 heterocycles. The van der Waals surface area contributed by atoms with Gasteiger partial charge in [0.25, 0.3) is 0 Å². The molecule has 0 atom stereocenters. The Bertz CT molecular complexity index is 918. The number of hydrogen-bond acceptors (Lipinski definition) is 5. The quantitative estimate of drug-likeness (QED) is 0.715. The molecule has 1 aliphatic rings. The predicted octanol–water partition coefficient (Wildman–Crippen LogP) is 1.46. The minimum Gasteiger partial charge on any atom is -0.467 e. The van der Waals surface area contributed by atoms with Gasteiger partial charge in [-0.05, 0) is 12.1 Å². The first kappa shape index (κ1) is 13.3. The molecule has 0 aliphatic carbocycles. The van der Waals surface area contributed by atoms with E-state index in [-0.39, 0.29) is 19.0 Å². The number of aromatic nitrogens is 4. The highest BCUT2D eigenvalue weighted by atomic mass is 35.5. The first-order chi connectivity index (χ1) is 10.7. The monoisotopic (exact) mass is 318 g/mol. The molecule has 0 unspecified atom stereocenters. The van der Waals surface area contributed by atoms with Crippen molar-refractivity contribution in [1.29, 1.82) is 0 Å². The summed E-state index contributed by atoms with van der Waals surface area (Å²) in [6.07, 6.45) is 4.66. The van der Waals surface area contributed by atoms with E-state index in [1.165, 1.54) is 15.3 Å². The zero-order chi connectivity index (χ0) is 15.1. The third-order valence-corrected chi connectivity index (χ3v) is 3.68. The van der Waals surface area contributed by atoms with Crippen molar-refractivity contribution in [2.24, 2.45) is 0 Å². The Hall–Kier alpha value is -2.38. The van der Waals surface area contributed by atoms with E-state index >= 15 is 0 Å². The van der Waals surface area contributed by atoms with Crippen molar-refractivity contribution in [2.45, 2.75) is 13.2 Å². The van der Waals surface area contributed by atoms with Crippen LogP contribution in [0.4, 0.5) is 0 Å². The third kappa shape index (κ3) is 2.15. The zero-order valence-corrected chi connectivity index (χ0v) is 12.2. The molecule has 8 heteroatoms. The summed E-state index contributed by atoms with van der Waals surface area (Å²) in [4.78, 5) is 16.3. The van der Waals surface area contributed by atoms with Crippen molar-refractivity contribution < 1.29 is 9.47 Å². The maximum absolute atomic E-state index is 12.3. The molecule has 0 saturated heterocycles. The second-order valence-corrected chi connectivity index (χ2v) is 5.34. The highest BCUT2D eigenvalue weighted by Crippen LogP contribution is 2.31. The number of nitrogens with zero attached hydrogens (tertiary/aromatic N) is 4. The maximum Gasteiger partial charge on any atom is 0.350 e. The molecule has 7 nitrogen and oxygen atoms in total. The van der Waals surface area contributed by atoms with Gasteiger partial charge in [0.15, 0.2) is 12.4 Å². The lowest BCUT2D eigenvalue weighted by Gasteiger charge is -2.20. The molecule has 0 fully saturated rings. The van der Waals surface area contributed by atoms with Crippen LogP contribution >= 0.6 is 11.6 Å². The smallest absolute Gasteiger partial charge is 0.350 e. The van der Waals surface area contributed by atoms with Gasteiger partial charge >= 0.3 is 5.69 Å². The van der Waals surface area contributed by atoms with Crippen molar-refractivity contribution in [3.63, 3.8) is 0 Å². The van der Waals surface area contributed by atoms with E-state index in [9.17, 15) is 4.79 Å². The van der Waals surface area contributed by atoms with E-state index < -0.39 is 0 Å². The van der Waals surface area contributed by atoms with Crippen molar-refractivity contribution in [3.8, 4) is 5.75 Å². The number of fused-ring (bicyclic) bond motifs is 2. The van der Waals surface area contributed by atoms with Crippen LogP contribution in [0.25, 0.3) is 5.65 Å². The molecule has 112 valence electrons. The van der Waals surface area contributed by atoms with Crippen LogP contribution in [0.5, 0.6) is 5.75 Å². The van der Waals surface area contributed by atoms with Crippen LogP contribution in [0.3, 0.4) is 0 Å². The molecule has 0 radical (unpaired) electrons. The second kappa shape index (κ2) is 5.11. The Labute approximate surface area is 129 Å². The molecule has 0 saturated carbocycles. The Balaban J connectivity index is 1.81. The summed E-state index contributed by atoms with van der Waals surface area (Å²) >= 11 is 6.13. The normalized spacial score (nSPS) is 13.9. The average molecular weight is 319 g/mol. The number of ether oxygens (including phenoxy) is 2. The maximum atomic E-state index is 12.3. The summed E-state index contributed by atoms with van der Waals surface area (Å²) in [5.74, 6) is 0.706. The van der Waals surface area contributed by atoms with Crippen molar-refractivity contribution in [2.75, 3.05) is 6.79 Å². The van der Waals surface area contributed by atoms with Gasteiger partial charge in [-0.3, -0.25) is 4.98 Å². The first-order valence-electron chi connectivity index (χ1n) is 6.63. The van der Waals surface area contributed by atoms with E-state index in [4.69, 9.17) is 21.1 Å². The van der Waals surface area contributed by atoms with Crippen LogP contribution in [-0.4, -0.2) is 26.0 Å². The summed E-state index contributed by atoms with van der Waals surface area (Å²) in [5.41, 5.74) is 1.92. The first-order valence-corrected chi connectivity index (χ1v) is 7.01. The molecule has 1 aliphatic heterocycles. The summed E-state index contributed by atoms with van der Waals surface area (Å²) in [7, 11) is 0. The molecular formula is C14H11ClN4O3. The molecule has 0 bridgehead atoms. The van der Waals surface area contributed by atoms with Gasteiger partial charge in [0.05, 0.1) is 19.3 Å². The Morgan fingerprint density at radius 3 is 3.14 bits per heavy atom. The van der Waals surface area contributed by atoms with Gasteiger partial charge in [0.2, 0.25) is 0 Å². The lowest BCUT2D eigenvalue weighted by atomic mass is 10.1. The van der Waals surface area contributed by atoms with Crippen LogP contribution in [-0.2, 0) is 17.9 Å². The van der Waals surface area contributed by atoms with Crippen LogP contribution in [0.2, 0.25) is 5.02 Å². The van der Waals surface area contributed by atoms with Gasteiger partial charge in [-0.1, -0.05) is 11.6 Å². The van der Waals surface area contributed by atoms with E-state index in [0.29, 0.717) is 23.0 Å². The lowest BCUT2D eigenvalue weighted by Crippen LogP contribution is -2.23. The van der Waals surface area contributed by atoms with Crippen LogP contribution in [0.1, 0.15) is 11.1 Å². The minimum absolute atomic E-state index is 0.186. The largest absolute Gasteiger partial charge is 0.467 e. The molecular weight excluding hydrogens is 308 g/mol. The van der Waals surface area contributed by atoms with Crippen molar-refractivity contribution in [3.05, 3.63) is 57.4 Å². The Kier molecular flexibility index (Phi) is 3.09. The molecule has 22 heavy (non-hydrogen) atoms. The summed E-state index contributed by atoms with van der Waals surface area (Å²) < 4.78 is 13.6. The minimum atomic E-state index is -0.238. The Morgan fingerprint density at radius 1 is 1.36 bits per heavy atom. The lowest BCUT2D eigenvalue weighted by molar-refractivity contribution is -0.0171. The molecule has 2 aromatic heterocycles. The van der Waals surface area contributed by atoms with Gasteiger partial charge in [0, 0.05) is 28.5 Å². The van der Waals surface area contributed by atoms with Crippen LogP contribution in [0.15, 0.2) is 35.5 Å². The summed E-state index contributed by atoms with van der Waals surface area (Å²) in [6, 6.07) is 3.58. The average Bonchev–Trinajstić information content (AvgIpc) is 2.84. The predicted molar refractivity (Wildman–Crippen MR) is 78.1 cm³/mol. The fraction of sp³-hybridized carbons (Fsp3) is 0.214. The summed E-state index contributed by atoms with van der Waals surface area (Å²) in [5, 5.41) is 4.83. The fourth-order valence-corrected chi connectivity index (χ4v) is 2.78. The number of halogens is 1. The van der Waals surface area contributed by atoms with E-state index in [2.05, 4.69) is 10.1 Å². The second-order valence-electron chi connectivity index (χ2n) is 4.91. The van der Waals surface area contributed by atoms with Crippen LogP contribution < -0.4 is 10.4 Å². The molecule has 3 aromatic rings. The molecule has 1 aromatic carbocycles. The van der Waals surface area contributed by atoms with Crippen molar-refractivity contribution >= 4 is 17.2 Å². The van der Waals surface area contributed by atoms with E-state index in [0.717, 1.165) is 11.1 Å². The van der Waals surface area contributed by atoms with Gasteiger partial charge < -0.3 is 9.47 Å². The standard InChI is InChI=1S/C14H11ClN4O3/c15-11-3-9(13-10(4-11)7-21-8-22-13)6-19-14(20)18-2-1-16-5-12(18)17-19/h1-5H,6-8H2. The fourth-order valence-electron chi connectivity index (χ4n) is 2.52. The SMILES string of the molecule is O=c1n(Cc2cc(Cl)cc3c2OCOC3)nc2cnccn12. The number of benzene rings is 1. The zero-order valence-electron chi connectivity index (χ0n) is 11.4. The van der Waals surface area contributed by atoms with Crippen molar-refractivity contribution in [1.82, 2.24) is 19.2 Å². The van der Waals surface area contributed by atoms with Gasteiger partial charge in [-0.2, -0.15) is 0 Å². The van der Waals surface area contributed by atoms with E-state index in [1.54, 1.807) is 24.5 Å². The Morgan fingerprint density at radius 2 is 2.27 bits per heavy atom. The molecule has 0 spiro atoms.